The largest absolute Gasteiger partial charge is 0.384 e. The van der Waals surface area contributed by atoms with E-state index in [0.29, 0.717) is 18.2 Å². The van der Waals surface area contributed by atoms with Crippen molar-refractivity contribution in [2.45, 2.75) is 51.3 Å². The molecule has 0 aliphatic carbocycles. The Bertz CT molecular complexity index is 1040. The lowest BCUT2D eigenvalue weighted by Crippen LogP contribution is -2.33. The SMILES string of the molecule is Cc1ncc2c(n1)c1c(n2CC(C)(O)c2ccc(F)cc2)CCN2CCCC12. The molecule has 1 fully saturated rings. The topological polar surface area (TPSA) is 54.2 Å². The summed E-state index contributed by atoms with van der Waals surface area (Å²) in [6.45, 7) is 6.29. The third kappa shape index (κ3) is 2.74. The number of hydrogen-bond donors (Lipinski definition) is 1. The Hall–Kier alpha value is -2.31. The molecule has 1 aromatic carbocycles. The molecule has 1 N–H and O–H groups in total. The van der Waals surface area contributed by atoms with Crippen LogP contribution < -0.4 is 0 Å². The van der Waals surface area contributed by atoms with Gasteiger partial charge in [0, 0.05) is 30.3 Å². The van der Waals surface area contributed by atoms with E-state index >= 15 is 0 Å². The molecule has 146 valence electrons. The Morgan fingerprint density at radius 2 is 2.04 bits per heavy atom. The fourth-order valence-electron chi connectivity index (χ4n) is 4.97. The second kappa shape index (κ2) is 6.36. The van der Waals surface area contributed by atoms with Crippen molar-refractivity contribution in [3.63, 3.8) is 0 Å². The number of aromatic nitrogens is 3. The first-order valence-electron chi connectivity index (χ1n) is 10.0. The summed E-state index contributed by atoms with van der Waals surface area (Å²) in [5, 5.41) is 11.3. The van der Waals surface area contributed by atoms with E-state index < -0.39 is 5.60 Å². The molecule has 2 atom stereocenters. The molecule has 4 heterocycles. The lowest BCUT2D eigenvalue weighted by molar-refractivity contribution is 0.0383. The van der Waals surface area contributed by atoms with E-state index in [1.165, 1.54) is 29.8 Å². The molecule has 6 heteroatoms. The van der Waals surface area contributed by atoms with Gasteiger partial charge in [0.05, 0.1) is 23.8 Å². The molecule has 0 saturated carbocycles. The molecule has 2 aliphatic rings. The van der Waals surface area contributed by atoms with Gasteiger partial charge in [-0.2, -0.15) is 0 Å². The molecule has 5 nitrogen and oxygen atoms in total. The number of aryl methyl sites for hydroxylation is 1. The number of aliphatic hydroxyl groups is 1. The number of fused-ring (bicyclic) bond motifs is 5. The molecule has 0 radical (unpaired) electrons. The van der Waals surface area contributed by atoms with Crippen LogP contribution in [0.25, 0.3) is 11.0 Å². The summed E-state index contributed by atoms with van der Waals surface area (Å²) >= 11 is 0. The van der Waals surface area contributed by atoms with Gasteiger partial charge in [0.1, 0.15) is 17.2 Å². The smallest absolute Gasteiger partial charge is 0.126 e. The average molecular weight is 380 g/mol. The van der Waals surface area contributed by atoms with E-state index in [1.807, 2.05) is 13.1 Å². The predicted octanol–water partition coefficient (Wildman–Crippen LogP) is 3.48. The van der Waals surface area contributed by atoms with Gasteiger partial charge in [-0.3, -0.25) is 4.90 Å². The maximum atomic E-state index is 13.3. The molecule has 1 saturated heterocycles. The Balaban J connectivity index is 1.65. The van der Waals surface area contributed by atoms with Crippen molar-refractivity contribution < 1.29 is 9.50 Å². The summed E-state index contributed by atoms with van der Waals surface area (Å²) in [5.41, 5.74) is 4.17. The van der Waals surface area contributed by atoms with Crippen molar-refractivity contribution in [2.75, 3.05) is 13.1 Å². The highest BCUT2D eigenvalue weighted by atomic mass is 19.1. The lowest BCUT2D eigenvalue weighted by atomic mass is 9.95. The fourth-order valence-corrected chi connectivity index (χ4v) is 4.97. The van der Waals surface area contributed by atoms with Crippen LogP contribution in [0.3, 0.4) is 0 Å². The van der Waals surface area contributed by atoms with Crippen LogP contribution in [0.2, 0.25) is 0 Å². The molecule has 3 aromatic rings. The molecule has 0 bridgehead atoms. The Kier molecular flexibility index (Phi) is 4.03. The van der Waals surface area contributed by atoms with Crippen molar-refractivity contribution in [3.8, 4) is 0 Å². The molecule has 2 aliphatic heterocycles. The van der Waals surface area contributed by atoms with Crippen LogP contribution in [0, 0.1) is 12.7 Å². The Labute approximate surface area is 163 Å². The van der Waals surface area contributed by atoms with Gasteiger partial charge in [0.15, 0.2) is 0 Å². The van der Waals surface area contributed by atoms with Crippen LogP contribution in [0.4, 0.5) is 4.39 Å². The van der Waals surface area contributed by atoms with Gasteiger partial charge in [0.25, 0.3) is 0 Å². The van der Waals surface area contributed by atoms with Crippen molar-refractivity contribution in [1.82, 2.24) is 19.4 Å². The van der Waals surface area contributed by atoms with Crippen LogP contribution in [0.15, 0.2) is 30.5 Å². The van der Waals surface area contributed by atoms with Crippen LogP contribution >= 0.6 is 0 Å². The summed E-state index contributed by atoms with van der Waals surface area (Å²) in [4.78, 5) is 11.8. The molecule has 28 heavy (non-hydrogen) atoms. The highest BCUT2D eigenvalue weighted by molar-refractivity contribution is 5.82. The Morgan fingerprint density at radius 1 is 1.25 bits per heavy atom. The number of rotatable bonds is 3. The quantitative estimate of drug-likeness (QED) is 0.756. The lowest BCUT2D eigenvalue weighted by Gasteiger charge is -2.32. The number of nitrogens with zero attached hydrogens (tertiary/aromatic N) is 4. The molecule has 0 amide bonds. The number of hydrogen-bond acceptors (Lipinski definition) is 4. The van der Waals surface area contributed by atoms with Crippen molar-refractivity contribution in [3.05, 3.63) is 58.9 Å². The van der Waals surface area contributed by atoms with Crippen LogP contribution in [0.1, 0.15) is 48.5 Å². The monoisotopic (exact) mass is 380 g/mol. The van der Waals surface area contributed by atoms with Crippen LogP contribution in [-0.4, -0.2) is 37.6 Å². The van der Waals surface area contributed by atoms with Gasteiger partial charge < -0.3 is 9.67 Å². The van der Waals surface area contributed by atoms with E-state index in [9.17, 15) is 9.50 Å². The summed E-state index contributed by atoms with van der Waals surface area (Å²) in [6.07, 6.45) is 5.20. The first-order chi connectivity index (χ1) is 13.4. The van der Waals surface area contributed by atoms with Gasteiger partial charge in [-0.15, -0.1) is 0 Å². The minimum atomic E-state index is -1.12. The first kappa shape index (κ1) is 17.8. The molecular weight excluding hydrogens is 355 g/mol. The van der Waals surface area contributed by atoms with Gasteiger partial charge in [-0.1, -0.05) is 12.1 Å². The minimum Gasteiger partial charge on any atom is -0.384 e. The zero-order valence-corrected chi connectivity index (χ0v) is 16.3. The molecule has 5 rings (SSSR count). The van der Waals surface area contributed by atoms with Crippen LogP contribution in [-0.2, 0) is 18.6 Å². The average Bonchev–Trinajstić information content (AvgIpc) is 3.25. The Morgan fingerprint density at radius 3 is 2.82 bits per heavy atom. The van der Waals surface area contributed by atoms with Gasteiger partial charge in [-0.25, -0.2) is 14.4 Å². The van der Waals surface area contributed by atoms with E-state index in [4.69, 9.17) is 4.98 Å². The van der Waals surface area contributed by atoms with E-state index in [0.717, 1.165) is 42.8 Å². The zero-order chi connectivity index (χ0) is 19.5. The van der Waals surface area contributed by atoms with Crippen molar-refractivity contribution >= 4 is 11.0 Å². The minimum absolute atomic E-state index is 0.298. The maximum Gasteiger partial charge on any atom is 0.126 e. The highest BCUT2D eigenvalue weighted by Crippen LogP contribution is 2.43. The third-order valence-corrected chi connectivity index (χ3v) is 6.34. The van der Waals surface area contributed by atoms with Crippen LogP contribution in [0.5, 0.6) is 0 Å². The zero-order valence-electron chi connectivity index (χ0n) is 16.3. The van der Waals surface area contributed by atoms with E-state index in [1.54, 1.807) is 19.1 Å². The van der Waals surface area contributed by atoms with E-state index in [-0.39, 0.29) is 5.82 Å². The van der Waals surface area contributed by atoms with E-state index in [2.05, 4.69) is 14.5 Å². The number of halogens is 1. The summed E-state index contributed by atoms with van der Waals surface area (Å²) in [6, 6.07) is 6.53. The molecule has 2 unspecified atom stereocenters. The second-order valence-electron chi connectivity index (χ2n) is 8.32. The summed E-state index contributed by atoms with van der Waals surface area (Å²) in [7, 11) is 0. The summed E-state index contributed by atoms with van der Waals surface area (Å²) in [5.74, 6) is 0.474. The second-order valence-corrected chi connectivity index (χ2v) is 8.32. The molecule has 0 spiro atoms. The summed E-state index contributed by atoms with van der Waals surface area (Å²) < 4.78 is 15.5. The van der Waals surface area contributed by atoms with Gasteiger partial charge in [0.2, 0.25) is 0 Å². The molecular formula is C22H25FN4O. The van der Waals surface area contributed by atoms with Crippen molar-refractivity contribution in [2.24, 2.45) is 0 Å². The normalized spacial score (nSPS) is 21.5. The maximum absolute atomic E-state index is 13.3. The van der Waals surface area contributed by atoms with Gasteiger partial charge >= 0.3 is 0 Å². The standard InChI is InChI=1S/C22H25FN4O/c1-14-24-12-19-21(25-14)20-17-4-3-10-26(17)11-9-18(20)27(19)13-22(2,28)15-5-7-16(23)8-6-15/h5-8,12,17,28H,3-4,9-11,13H2,1-2H3. The fraction of sp³-hybridized carbons (Fsp3) is 0.455. The predicted molar refractivity (Wildman–Crippen MR) is 105 cm³/mol. The molecule has 2 aromatic heterocycles. The first-order valence-corrected chi connectivity index (χ1v) is 10.0. The van der Waals surface area contributed by atoms with Crippen molar-refractivity contribution in [1.29, 1.82) is 0 Å². The third-order valence-electron chi connectivity index (χ3n) is 6.34. The highest BCUT2D eigenvalue weighted by Gasteiger charge is 2.37. The van der Waals surface area contributed by atoms with Gasteiger partial charge in [-0.05, 0) is 50.9 Å². The number of benzene rings is 1.